The molecule has 0 aliphatic heterocycles. The molecular formula is C31H45BrO2S2. The van der Waals surface area contributed by atoms with E-state index in [2.05, 4.69) is 62.4 Å². The molecule has 3 saturated carbocycles. The number of fused-ring (bicyclic) bond motifs is 1. The first-order chi connectivity index (χ1) is 17.2. The molecule has 0 radical (unpaired) electrons. The van der Waals surface area contributed by atoms with Crippen LogP contribution in [0.5, 0.6) is 0 Å². The van der Waals surface area contributed by atoms with Gasteiger partial charge >= 0.3 is 0 Å². The monoisotopic (exact) mass is 592 g/mol. The third kappa shape index (κ3) is 6.74. The predicted octanol–water partition coefficient (Wildman–Crippen LogP) is 10.2. The average Bonchev–Trinajstić information content (AvgIpc) is 3.42. The minimum atomic E-state index is -1.40. The highest BCUT2D eigenvalue weighted by Gasteiger charge is 2.50. The number of allylic oxidation sites excluding steroid dienone is 4. The van der Waals surface area contributed by atoms with E-state index in [1.54, 1.807) is 5.57 Å². The third-order valence-corrected chi connectivity index (χ3v) is 12.3. The Balaban J connectivity index is 1.41. The van der Waals surface area contributed by atoms with Gasteiger partial charge in [0.1, 0.15) is 4.21 Å². The Labute approximate surface area is 234 Å². The summed E-state index contributed by atoms with van der Waals surface area (Å²) in [7, 11) is 0. The molecule has 36 heavy (non-hydrogen) atoms. The second-order valence-corrected chi connectivity index (χ2v) is 15.4. The van der Waals surface area contributed by atoms with Crippen LogP contribution in [0.3, 0.4) is 0 Å². The van der Waals surface area contributed by atoms with Crippen LogP contribution in [0.4, 0.5) is 0 Å². The minimum absolute atomic E-state index is 0.0129. The van der Waals surface area contributed by atoms with Crippen LogP contribution < -0.4 is 0 Å². The van der Waals surface area contributed by atoms with Crippen molar-refractivity contribution in [1.82, 2.24) is 0 Å². The van der Waals surface area contributed by atoms with Crippen LogP contribution >= 0.6 is 27.3 Å². The molecule has 6 atom stereocenters. The fourth-order valence-electron chi connectivity index (χ4n) is 7.28. The molecule has 4 rings (SSSR count). The van der Waals surface area contributed by atoms with Gasteiger partial charge < -0.3 is 0 Å². The van der Waals surface area contributed by atoms with Crippen molar-refractivity contribution < 1.29 is 8.39 Å². The first-order valence-electron chi connectivity index (χ1n) is 14.1. The van der Waals surface area contributed by atoms with E-state index in [4.69, 9.17) is 4.18 Å². The molecule has 3 aliphatic carbocycles. The molecule has 3 fully saturated rings. The van der Waals surface area contributed by atoms with Gasteiger partial charge in [0.05, 0.1) is 6.10 Å². The smallest absolute Gasteiger partial charge is 0.199 e. The van der Waals surface area contributed by atoms with Crippen molar-refractivity contribution in [2.24, 2.45) is 29.1 Å². The SMILES string of the molecule is C=C1CC[C@H](O[S@@](=O)c2cc(Br)cs2)C/C1=C/C=C1\CCC[C@]2(C)[C@@H]([C@H](C)CCCC(C)C)CC[C@@H]12. The normalized spacial score (nSPS) is 32.8. The van der Waals surface area contributed by atoms with Crippen LogP contribution in [0.25, 0.3) is 0 Å². The second-order valence-electron chi connectivity index (χ2n) is 12.2. The second kappa shape index (κ2) is 12.6. The Morgan fingerprint density at radius 2 is 2.03 bits per heavy atom. The van der Waals surface area contributed by atoms with Crippen molar-refractivity contribution in [3.8, 4) is 0 Å². The summed E-state index contributed by atoms with van der Waals surface area (Å²) in [4.78, 5) is 0. The van der Waals surface area contributed by atoms with Crippen LogP contribution in [0, 0.1) is 29.1 Å². The molecule has 2 nitrogen and oxygen atoms in total. The van der Waals surface area contributed by atoms with Crippen LogP contribution in [0.2, 0.25) is 0 Å². The average molecular weight is 594 g/mol. The van der Waals surface area contributed by atoms with Gasteiger partial charge in [-0.25, -0.2) is 4.21 Å². The largest absolute Gasteiger partial charge is 0.282 e. The molecule has 0 bridgehead atoms. The van der Waals surface area contributed by atoms with Crippen LogP contribution in [-0.2, 0) is 15.3 Å². The van der Waals surface area contributed by atoms with E-state index in [0.29, 0.717) is 5.41 Å². The van der Waals surface area contributed by atoms with Gasteiger partial charge in [-0.2, -0.15) is 0 Å². The van der Waals surface area contributed by atoms with Crippen LogP contribution in [0.15, 0.2) is 55.6 Å². The number of rotatable bonds is 9. The lowest BCUT2D eigenvalue weighted by molar-refractivity contribution is 0.0929. The molecule has 1 heterocycles. The zero-order chi connectivity index (χ0) is 25.9. The Kier molecular flexibility index (Phi) is 9.96. The van der Waals surface area contributed by atoms with Gasteiger partial charge in [0.2, 0.25) is 0 Å². The maximum absolute atomic E-state index is 12.7. The Morgan fingerprint density at radius 1 is 1.22 bits per heavy atom. The number of hydrogen-bond acceptors (Lipinski definition) is 3. The van der Waals surface area contributed by atoms with E-state index in [1.807, 2.05) is 11.4 Å². The van der Waals surface area contributed by atoms with Crippen molar-refractivity contribution in [1.29, 1.82) is 0 Å². The summed E-state index contributed by atoms with van der Waals surface area (Å²) in [5.41, 5.74) is 4.63. The number of thiophene rings is 1. The summed E-state index contributed by atoms with van der Waals surface area (Å²) < 4.78 is 20.4. The molecule has 5 heteroatoms. The highest BCUT2D eigenvalue weighted by atomic mass is 79.9. The highest BCUT2D eigenvalue weighted by Crippen LogP contribution is 2.60. The van der Waals surface area contributed by atoms with Crippen molar-refractivity contribution in [3.63, 3.8) is 0 Å². The van der Waals surface area contributed by atoms with Crippen molar-refractivity contribution >= 4 is 38.3 Å². The molecule has 0 aromatic carbocycles. The van der Waals surface area contributed by atoms with Gasteiger partial charge in [0, 0.05) is 16.3 Å². The third-order valence-electron chi connectivity index (χ3n) is 9.27. The maximum atomic E-state index is 12.7. The maximum Gasteiger partial charge on any atom is 0.199 e. The van der Waals surface area contributed by atoms with Gasteiger partial charge in [-0.15, -0.1) is 11.3 Å². The van der Waals surface area contributed by atoms with Crippen molar-refractivity contribution in [2.75, 3.05) is 0 Å². The molecule has 0 amide bonds. The summed E-state index contributed by atoms with van der Waals surface area (Å²) >= 11 is 3.52. The zero-order valence-corrected chi connectivity index (χ0v) is 25.9. The summed E-state index contributed by atoms with van der Waals surface area (Å²) in [5.74, 6) is 3.24. The molecular weight excluding hydrogens is 548 g/mol. The van der Waals surface area contributed by atoms with Gasteiger partial charge in [0.25, 0.3) is 0 Å². The van der Waals surface area contributed by atoms with Crippen molar-refractivity contribution in [2.45, 2.75) is 109 Å². The van der Waals surface area contributed by atoms with E-state index < -0.39 is 11.1 Å². The van der Waals surface area contributed by atoms with Gasteiger partial charge in [-0.05, 0) is 102 Å². The van der Waals surface area contributed by atoms with E-state index in [9.17, 15) is 4.21 Å². The number of halogens is 1. The molecule has 0 spiro atoms. The molecule has 0 N–H and O–H groups in total. The topological polar surface area (TPSA) is 26.3 Å². The van der Waals surface area contributed by atoms with Gasteiger partial charge in [-0.1, -0.05) is 76.8 Å². The summed E-state index contributed by atoms with van der Waals surface area (Å²) in [6, 6.07) is 1.89. The standard InChI is InChI=1S/C31H45BrO2S2/c1-21(2)8-6-9-23(4)28-15-16-29-24(10-7-17-31(28,29)5)12-13-25-18-27(14-11-22(25)3)34-36(33)30-19-26(32)20-35-30/h12-13,19-21,23,27-29H,3,6-11,14-18H2,1-2,4-5H3/b24-12+,25-13-/t23-,27+,28-,29+,31-,36-/m1/s1. The lowest BCUT2D eigenvalue weighted by atomic mass is 9.60. The molecule has 0 saturated heterocycles. The molecule has 0 unspecified atom stereocenters. The molecule has 1 aromatic heterocycles. The highest BCUT2D eigenvalue weighted by molar-refractivity contribution is 9.10. The fraction of sp³-hybridized carbons (Fsp3) is 0.677. The van der Waals surface area contributed by atoms with E-state index >= 15 is 0 Å². The van der Waals surface area contributed by atoms with Gasteiger partial charge in [0.15, 0.2) is 11.1 Å². The predicted molar refractivity (Wildman–Crippen MR) is 158 cm³/mol. The quantitative estimate of drug-likeness (QED) is 0.285. The van der Waals surface area contributed by atoms with Crippen molar-refractivity contribution in [3.05, 3.63) is 51.4 Å². The first kappa shape index (κ1) is 28.5. The molecule has 3 aliphatic rings. The minimum Gasteiger partial charge on any atom is -0.282 e. The van der Waals surface area contributed by atoms with E-state index in [1.165, 1.54) is 73.8 Å². The Hall–Kier alpha value is -0.490. The summed E-state index contributed by atoms with van der Waals surface area (Å²) in [6.45, 7) is 14.2. The Bertz CT molecular complexity index is 1010. The van der Waals surface area contributed by atoms with E-state index in [0.717, 1.165) is 51.6 Å². The molecule has 1 aromatic rings. The van der Waals surface area contributed by atoms with Gasteiger partial charge in [-0.3, -0.25) is 4.18 Å². The zero-order valence-electron chi connectivity index (χ0n) is 22.7. The summed E-state index contributed by atoms with van der Waals surface area (Å²) in [5, 5.41) is 1.95. The fourth-order valence-corrected chi connectivity index (χ4v) is 9.89. The summed E-state index contributed by atoms with van der Waals surface area (Å²) in [6.07, 6.45) is 18.2. The lowest BCUT2D eigenvalue weighted by Crippen LogP contribution is -2.36. The Morgan fingerprint density at radius 3 is 2.75 bits per heavy atom. The van der Waals surface area contributed by atoms with E-state index in [-0.39, 0.29) is 6.10 Å². The van der Waals surface area contributed by atoms with Crippen LogP contribution in [0.1, 0.15) is 98.3 Å². The van der Waals surface area contributed by atoms with Crippen LogP contribution in [-0.4, -0.2) is 10.3 Å². The first-order valence-corrected chi connectivity index (χ1v) is 16.8. The molecule has 200 valence electrons. The lowest BCUT2D eigenvalue weighted by Gasteiger charge is -2.44. The number of hydrogen-bond donors (Lipinski definition) is 0.